The number of rotatable bonds is 6. The molecular formula is C21H18ClN3O3S. The molecule has 0 atom stereocenters. The number of hydrogen-bond donors (Lipinski definition) is 3. The van der Waals surface area contributed by atoms with Crippen molar-refractivity contribution in [3.8, 4) is 0 Å². The smallest absolute Gasteiger partial charge is 0.251 e. The van der Waals surface area contributed by atoms with Gasteiger partial charge in [-0.3, -0.25) is 9.59 Å². The van der Waals surface area contributed by atoms with E-state index >= 15 is 0 Å². The molecule has 1 heterocycles. The summed E-state index contributed by atoms with van der Waals surface area (Å²) in [7, 11) is 0. The van der Waals surface area contributed by atoms with Crippen LogP contribution in [0.4, 0.5) is 5.69 Å². The fourth-order valence-electron chi connectivity index (χ4n) is 2.54. The van der Waals surface area contributed by atoms with Crippen molar-refractivity contribution < 1.29 is 14.0 Å². The molecule has 0 unspecified atom stereocenters. The molecule has 0 bridgehead atoms. The van der Waals surface area contributed by atoms with Crippen LogP contribution in [0.5, 0.6) is 0 Å². The number of halogens is 1. The van der Waals surface area contributed by atoms with Crippen LogP contribution in [0.25, 0.3) is 0 Å². The van der Waals surface area contributed by atoms with E-state index in [2.05, 4.69) is 16.0 Å². The van der Waals surface area contributed by atoms with Gasteiger partial charge in [0.2, 0.25) is 5.91 Å². The van der Waals surface area contributed by atoms with Gasteiger partial charge in [-0.1, -0.05) is 29.8 Å². The molecule has 0 aliphatic heterocycles. The fourth-order valence-corrected chi connectivity index (χ4v) is 2.90. The first kappa shape index (κ1) is 20.6. The lowest BCUT2D eigenvalue weighted by Gasteiger charge is -2.11. The third kappa shape index (κ3) is 6.44. The van der Waals surface area contributed by atoms with Crippen LogP contribution in [0.3, 0.4) is 0 Å². The molecular weight excluding hydrogens is 410 g/mol. The minimum Gasteiger partial charge on any atom is -0.467 e. The molecule has 0 spiro atoms. The van der Waals surface area contributed by atoms with Crippen LogP contribution in [0.1, 0.15) is 21.7 Å². The van der Waals surface area contributed by atoms with Gasteiger partial charge in [-0.2, -0.15) is 0 Å². The first-order valence-electron chi connectivity index (χ1n) is 8.75. The van der Waals surface area contributed by atoms with Gasteiger partial charge < -0.3 is 20.4 Å². The molecule has 0 saturated heterocycles. The summed E-state index contributed by atoms with van der Waals surface area (Å²) in [5, 5.41) is 9.07. The molecule has 29 heavy (non-hydrogen) atoms. The first-order valence-corrected chi connectivity index (χ1v) is 9.54. The van der Waals surface area contributed by atoms with Crippen molar-refractivity contribution in [2.24, 2.45) is 0 Å². The summed E-state index contributed by atoms with van der Waals surface area (Å²) in [6.07, 6.45) is 1.72. The Morgan fingerprint density at radius 2 is 1.83 bits per heavy atom. The van der Waals surface area contributed by atoms with Crippen molar-refractivity contribution in [2.75, 3.05) is 5.32 Å². The van der Waals surface area contributed by atoms with Gasteiger partial charge in [0.1, 0.15) is 5.76 Å². The van der Waals surface area contributed by atoms with Crippen LogP contribution < -0.4 is 16.0 Å². The number of amides is 2. The number of thiocarbonyl (C=S) groups is 1. The second kappa shape index (κ2) is 9.86. The lowest BCUT2D eigenvalue weighted by molar-refractivity contribution is -0.119. The highest BCUT2D eigenvalue weighted by Gasteiger charge is 2.09. The highest BCUT2D eigenvalue weighted by atomic mass is 35.5. The minimum absolute atomic E-state index is 0.150. The van der Waals surface area contributed by atoms with Crippen LogP contribution in [0.15, 0.2) is 71.3 Å². The van der Waals surface area contributed by atoms with Crippen molar-refractivity contribution in [1.82, 2.24) is 10.6 Å². The first-order chi connectivity index (χ1) is 14.0. The Bertz CT molecular complexity index is 1000. The number of hydrogen-bond acceptors (Lipinski definition) is 4. The normalized spacial score (nSPS) is 10.2. The lowest BCUT2D eigenvalue weighted by Crippen LogP contribution is -2.35. The molecule has 6 nitrogen and oxygen atoms in total. The number of anilines is 1. The third-order valence-corrected chi connectivity index (χ3v) is 4.37. The van der Waals surface area contributed by atoms with Gasteiger partial charge in [0.05, 0.1) is 19.2 Å². The summed E-state index contributed by atoms with van der Waals surface area (Å²) in [6.45, 7) is 0.294. The van der Waals surface area contributed by atoms with Gasteiger partial charge in [-0.05, 0) is 60.2 Å². The second-order valence-electron chi connectivity index (χ2n) is 6.15. The number of carbonyl (C=O) groups excluding carboxylic acids is 2. The Labute approximate surface area is 178 Å². The van der Waals surface area contributed by atoms with E-state index < -0.39 is 0 Å². The molecule has 2 amide bonds. The topological polar surface area (TPSA) is 83.4 Å². The molecule has 2 aromatic carbocycles. The second-order valence-corrected chi connectivity index (χ2v) is 6.99. The zero-order valence-electron chi connectivity index (χ0n) is 15.3. The third-order valence-electron chi connectivity index (χ3n) is 3.92. The molecule has 3 rings (SSSR count). The molecule has 3 aromatic rings. The van der Waals surface area contributed by atoms with Gasteiger partial charge in [0.25, 0.3) is 5.91 Å². The highest BCUT2D eigenvalue weighted by molar-refractivity contribution is 7.80. The van der Waals surface area contributed by atoms with Crippen molar-refractivity contribution >= 4 is 46.4 Å². The van der Waals surface area contributed by atoms with Gasteiger partial charge >= 0.3 is 0 Å². The van der Waals surface area contributed by atoms with Crippen molar-refractivity contribution in [1.29, 1.82) is 0 Å². The largest absolute Gasteiger partial charge is 0.467 e. The van der Waals surface area contributed by atoms with E-state index in [1.165, 1.54) is 0 Å². The summed E-state index contributed by atoms with van der Waals surface area (Å²) in [6, 6.07) is 17.4. The van der Waals surface area contributed by atoms with E-state index in [0.717, 1.165) is 5.56 Å². The van der Waals surface area contributed by atoms with Crippen LogP contribution >= 0.6 is 23.8 Å². The van der Waals surface area contributed by atoms with Crippen molar-refractivity contribution in [3.05, 3.63) is 88.8 Å². The number of furan rings is 1. The zero-order chi connectivity index (χ0) is 20.6. The number of nitrogens with one attached hydrogen (secondary N) is 3. The predicted molar refractivity (Wildman–Crippen MR) is 116 cm³/mol. The monoisotopic (exact) mass is 427 g/mol. The van der Waals surface area contributed by atoms with Gasteiger partial charge in [-0.15, -0.1) is 0 Å². The van der Waals surface area contributed by atoms with Gasteiger partial charge in [0, 0.05) is 16.3 Å². The number of benzene rings is 2. The summed E-state index contributed by atoms with van der Waals surface area (Å²) >= 11 is 11.0. The molecule has 0 aliphatic carbocycles. The maximum Gasteiger partial charge on any atom is 0.251 e. The van der Waals surface area contributed by atoms with Crippen molar-refractivity contribution in [3.63, 3.8) is 0 Å². The molecule has 0 radical (unpaired) electrons. The average Bonchev–Trinajstić information content (AvgIpc) is 3.21. The van der Waals surface area contributed by atoms with Crippen LogP contribution in [-0.4, -0.2) is 16.9 Å². The fraction of sp³-hybridized carbons (Fsp3) is 0.0952. The van der Waals surface area contributed by atoms with Gasteiger partial charge in [0.15, 0.2) is 5.11 Å². The Balaban J connectivity index is 1.52. The van der Waals surface area contributed by atoms with E-state index in [4.69, 9.17) is 28.2 Å². The molecule has 148 valence electrons. The standard InChI is InChI=1S/C21H18ClN3O3S/c22-16-8-6-14(7-9-16)11-19(26)25-21(29)24-17-4-1-3-15(12-17)20(27)23-13-18-5-2-10-28-18/h1-10,12H,11,13H2,(H,23,27)(H2,24,25,26,29). The highest BCUT2D eigenvalue weighted by Crippen LogP contribution is 2.12. The van der Waals surface area contributed by atoms with Crippen LogP contribution in [0.2, 0.25) is 5.02 Å². The zero-order valence-corrected chi connectivity index (χ0v) is 16.8. The number of carbonyl (C=O) groups is 2. The van der Waals surface area contributed by atoms with E-state index in [9.17, 15) is 9.59 Å². The van der Waals surface area contributed by atoms with Gasteiger partial charge in [-0.25, -0.2) is 0 Å². The molecule has 3 N–H and O–H groups in total. The molecule has 1 aromatic heterocycles. The Morgan fingerprint density at radius 1 is 1.03 bits per heavy atom. The Morgan fingerprint density at radius 3 is 2.55 bits per heavy atom. The summed E-state index contributed by atoms with van der Waals surface area (Å²) < 4.78 is 5.19. The quantitative estimate of drug-likeness (QED) is 0.519. The van der Waals surface area contributed by atoms with E-state index in [1.54, 1.807) is 66.9 Å². The van der Waals surface area contributed by atoms with E-state index in [1.807, 2.05) is 0 Å². The van der Waals surface area contributed by atoms with E-state index in [0.29, 0.717) is 28.6 Å². The van der Waals surface area contributed by atoms with Crippen molar-refractivity contribution in [2.45, 2.75) is 13.0 Å². The van der Waals surface area contributed by atoms with E-state index in [-0.39, 0.29) is 23.3 Å². The maximum atomic E-state index is 12.3. The SMILES string of the molecule is O=C(Cc1ccc(Cl)cc1)NC(=S)Nc1cccc(C(=O)NCc2ccco2)c1. The maximum absolute atomic E-state index is 12.3. The molecule has 0 saturated carbocycles. The molecule has 8 heteroatoms. The average molecular weight is 428 g/mol. The molecule has 0 aliphatic rings. The summed E-state index contributed by atoms with van der Waals surface area (Å²) in [5.74, 6) is 0.164. The summed E-state index contributed by atoms with van der Waals surface area (Å²) in [4.78, 5) is 24.4. The predicted octanol–water partition coefficient (Wildman–Crippen LogP) is 3.92. The minimum atomic E-state index is -0.253. The molecule has 0 fully saturated rings. The summed E-state index contributed by atoms with van der Waals surface area (Å²) in [5.41, 5.74) is 1.87. The van der Waals surface area contributed by atoms with Crippen LogP contribution in [-0.2, 0) is 17.8 Å². The Kier molecular flexibility index (Phi) is 6.99. The lowest BCUT2D eigenvalue weighted by atomic mass is 10.1. The Hall–Kier alpha value is -3.16. The van der Waals surface area contributed by atoms with Crippen LogP contribution in [0, 0.1) is 0 Å².